The maximum absolute atomic E-state index is 12.6. The van der Waals surface area contributed by atoms with Crippen LogP contribution in [0.4, 0.5) is 13.2 Å². The van der Waals surface area contributed by atoms with Crippen LogP contribution < -0.4 is 4.74 Å². The summed E-state index contributed by atoms with van der Waals surface area (Å²) in [7, 11) is 0. The molecule has 0 aliphatic heterocycles. The highest BCUT2D eigenvalue weighted by atomic mass is 19.4. The van der Waals surface area contributed by atoms with Crippen molar-refractivity contribution in [2.45, 2.75) is 13.3 Å². The van der Waals surface area contributed by atoms with Crippen LogP contribution in [0.3, 0.4) is 0 Å². The maximum atomic E-state index is 12.6. The molecule has 4 rings (SSSR count). The van der Waals surface area contributed by atoms with Gasteiger partial charge in [0.2, 0.25) is 0 Å². The Morgan fingerprint density at radius 2 is 1.89 bits per heavy atom. The largest absolute Gasteiger partial charge is 0.573 e. The summed E-state index contributed by atoms with van der Waals surface area (Å²) >= 11 is 0. The summed E-state index contributed by atoms with van der Waals surface area (Å²) in [4.78, 5) is 8.70. The summed E-state index contributed by atoms with van der Waals surface area (Å²) in [5.74, 6) is -0.303. The summed E-state index contributed by atoms with van der Waals surface area (Å²) < 4.78 is 41.8. The molecule has 0 saturated heterocycles. The first-order valence-corrected chi connectivity index (χ1v) is 8.03. The van der Waals surface area contributed by atoms with Crippen LogP contribution in [0.25, 0.3) is 33.4 Å². The molecule has 4 aromatic rings. The monoisotopic (exact) mass is 370 g/mol. The first-order chi connectivity index (χ1) is 12.9. The van der Waals surface area contributed by atoms with Crippen molar-refractivity contribution in [3.8, 4) is 28.3 Å². The number of rotatable bonds is 3. The minimum absolute atomic E-state index is 0.303. The number of pyridine rings is 2. The highest BCUT2D eigenvalue weighted by Crippen LogP contribution is 2.35. The molecule has 27 heavy (non-hydrogen) atoms. The van der Waals surface area contributed by atoms with Crippen LogP contribution in [0.5, 0.6) is 5.75 Å². The average molecular weight is 370 g/mol. The highest BCUT2D eigenvalue weighted by Gasteiger charge is 2.31. The van der Waals surface area contributed by atoms with E-state index < -0.39 is 6.36 Å². The molecule has 0 saturated carbocycles. The molecular weight excluding hydrogens is 357 g/mol. The third-order valence-electron chi connectivity index (χ3n) is 4.01. The molecule has 8 heteroatoms. The van der Waals surface area contributed by atoms with Gasteiger partial charge in [0.15, 0.2) is 0 Å². The quantitative estimate of drug-likeness (QED) is 0.557. The SMILES string of the molecule is Cc1cccc(-c2n[nH]cc2-c2ccnc3ccc(OC(F)(F)F)cc23)n1. The number of nitrogens with zero attached hydrogens (tertiary/aromatic N) is 3. The number of benzene rings is 1. The minimum atomic E-state index is -4.76. The van der Waals surface area contributed by atoms with Crippen molar-refractivity contribution in [1.82, 2.24) is 20.2 Å². The number of nitrogens with one attached hydrogen (secondary N) is 1. The number of H-pyrrole nitrogens is 1. The Morgan fingerprint density at radius 1 is 1.04 bits per heavy atom. The molecular formula is C19H13F3N4O. The zero-order valence-corrected chi connectivity index (χ0v) is 14.1. The number of aryl methyl sites for hydroxylation is 1. The summed E-state index contributed by atoms with van der Waals surface area (Å²) in [5.41, 5.74) is 4.05. The van der Waals surface area contributed by atoms with Gasteiger partial charge in [-0.1, -0.05) is 6.07 Å². The van der Waals surface area contributed by atoms with E-state index in [1.54, 1.807) is 18.5 Å². The van der Waals surface area contributed by atoms with Crippen LogP contribution in [-0.2, 0) is 0 Å². The van der Waals surface area contributed by atoms with Gasteiger partial charge in [0.25, 0.3) is 0 Å². The zero-order valence-electron chi connectivity index (χ0n) is 14.1. The number of hydrogen-bond donors (Lipinski definition) is 1. The van der Waals surface area contributed by atoms with Crippen LogP contribution in [0, 0.1) is 6.92 Å². The van der Waals surface area contributed by atoms with Gasteiger partial charge in [-0.3, -0.25) is 15.1 Å². The standard InChI is InChI=1S/C19H13F3N4O/c1-11-3-2-4-17(25-11)18-15(10-24-26-18)13-7-8-23-16-6-5-12(9-14(13)16)27-19(20,21)22/h2-10H,1H3,(H,24,26). The molecule has 0 aliphatic rings. The van der Waals surface area contributed by atoms with Crippen molar-refractivity contribution >= 4 is 10.9 Å². The van der Waals surface area contributed by atoms with E-state index in [0.717, 1.165) is 5.69 Å². The molecule has 0 unspecified atom stereocenters. The second-order valence-electron chi connectivity index (χ2n) is 5.90. The number of aromatic amines is 1. The molecule has 136 valence electrons. The lowest BCUT2D eigenvalue weighted by atomic mass is 10.0. The van der Waals surface area contributed by atoms with Crippen molar-refractivity contribution in [3.05, 3.63) is 60.6 Å². The summed E-state index contributed by atoms with van der Waals surface area (Å²) in [5, 5.41) is 7.61. The Balaban J connectivity index is 1.88. The molecule has 0 spiro atoms. The molecule has 0 fully saturated rings. The van der Waals surface area contributed by atoms with E-state index in [1.807, 2.05) is 25.1 Å². The molecule has 1 N–H and O–H groups in total. The van der Waals surface area contributed by atoms with Gasteiger partial charge in [-0.15, -0.1) is 13.2 Å². The normalized spacial score (nSPS) is 11.7. The van der Waals surface area contributed by atoms with E-state index in [2.05, 4.69) is 24.9 Å². The van der Waals surface area contributed by atoms with Crippen molar-refractivity contribution in [3.63, 3.8) is 0 Å². The van der Waals surface area contributed by atoms with Gasteiger partial charge in [-0.05, 0) is 48.9 Å². The molecule has 1 aromatic carbocycles. The molecule has 0 bridgehead atoms. The Bertz CT molecular complexity index is 1120. The fourth-order valence-electron chi connectivity index (χ4n) is 2.92. The van der Waals surface area contributed by atoms with E-state index in [4.69, 9.17) is 0 Å². The first-order valence-electron chi connectivity index (χ1n) is 8.03. The number of aromatic nitrogens is 4. The van der Waals surface area contributed by atoms with Gasteiger partial charge >= 0.3 is 6.36 Å². The molecule has 0 aliphatic carbocycles. The van der Waals surface area contributed by atoms with Crippen LogP contribution in [0.15, 0.2) is 54.9 Å². The van der Waals surface area contributed by atoms with Crippen molar-refractivity contribution < 1.29 is 17.9 Å². The molecule has 0 amide bonds. The Hall–Kier alpha value is -3.42. The number of alkyl halides is 3. The van der Waals surface area contributed by atoms with E-state index in [1.165, 1.54) is 18.2 Å². The van der Waals surface area contributed by atoms with Crippen LogP contribution >= 0.6 is 0 Å². The first kappa shape index (κ1) is 17.0. The van der Waals surface area contributed by atoms with E-state index in [-0.39, 0.29) is 5.75 Å². The van der Waals surface area contributed by atoms with E-state index in [0.29, 0.717) is 33.4 Å². The molecule has 3 heterocycles. The lowest BCUT2D eigenvalue weighted by molar-refractivity contribution is -0.274. The highest BCUT2D eigenvalue weighted by molar-refractivity contribution is 5.98. The summed E-state index contributed by atoms with van der Waals surface area (Å²) in [6.07, 6.45) is -1.48. The number of hydrogen-bond acceptors (Lipinski definition) is 4. The summed E-state index contributed by atoms with van der Waals surface area (Å²) in [6.45, 7) is 1.87. The second-order valence-corrected chi connectivity index (χ2v) is 5.90. The number of ether oxygens (including phenoxy) is 1. The van der Waals surface area contributed by atoms with Crippen LogP contribution in [0.2, 0.25) is 0 Å². The van der Waals surface area contributed by atoms with Gasteiger partial charge in [0.05, 0.1) is 11.2 Å². The number of fused-ring (bicyclic) bond motifs is 1. The Morgan fingerprint density at radius 3 is 2.67 bits per heavy atom. The predicted molar refractivity (Wildman–Crippen MR) is 94.0 cm³/mol. The van der Waals surface area contributed by atoms with Gasteiger partial charge in [0.1, 0.15) is 11.4 Å². The predicted octanol–water partition coefficient (Wildman–Crippen LogP) is 4.89. The van der Waals surface area contributed by atoms with Crippen molar-refractivity contribution in [2.24, 2.45) is 0 Å². The zero-order chi connectivity index (χ0) is 19.0. The second kappa shape index (κ2) is 6.39. The average Bonchev–Trinajstić information content (AvgIpc) is 3.09. The fourth-order valence-corrected chi connectivity index (χ4v) is 2.92. The van der Waals surface area contributed by atoms with Crippen molar-refractivity contribution in [1.29, 1.82) is 0 Å². The van der Waals surface area contributed by atoms with Crippen LogP contribution in [0.1, 0.15) is 5.69 Å². The van der Waals surface area contributed by atoms with Gasteiger partial charge in [-0.2, -0.15) is 5.10 Å². The summed E-state index contributed by atoms with van der Waals surface area (Å²) in [6, 6.07) is 11.4. The Labute approximate surface area is 151 Å². The smallest absolute Gasteiger partial charge is 0.406 e. The van der Waals surface area contributed by atoms with E-state index >= 15 is 0 Å². The third kappa shape index (κ3) is 3.46. The molecule has 5 nitrogen and oxygen atoms in total. The van der Waals surface area contributed by atoms with Gasteiger partial charge in [0, 0.05) is 29.0 Å². The molecule has 0 atom stereocenters. The fraction of sp³-hybridized carbons (Fsp3) is 0.105. The van der Waals surface area contributed by atoms with Crippen LogP contribution in [-0.4, -0.2) is 26.5 Å². The van der Waals surface area contributed by atoms with Crippen molar-refractivity contribution in [2.75, 3.05) is 0 Å². The lowest BCUT2D eigenvalue weighted by Gasteiger charge is -2.11. The van der Waals surface area contributed by atoms with Gasteiger partial charge < -0.3 is 4.74 Å². The third-order valence-corrected chi connectivity index (χ3v) is 4.01. The number of halogens is 3. The molecule has 0 radical (unpaired) electrons. The van der Waals surface area contributed by atoms with Gasteiger partial charge in [-0.25, -0.2) is 0 Å². The maximum Gasteiger partial charge on any atom is 0.573 e. The minimum Gasteiger partial charge on any atom is -0.406 e. The Kier molecular flexibility index (Phi) is 4.02. The molecule has 3 aromatic heterocycles. The lowest BCUT2D eigenvalue weighted by Crippen LogP contribution is -2.17. The topological polar surface area (TPSA) is 63.7 Å². The van der Waals surface area contributed by atoms with E-state index in [9.17, 15) is 13.2 Å².